The van der Waals surface area contributed by atoms with Crippen molar-refractivity contribution in [2.45, 2.75) is 32.3 Å². The van der Waals surface area contributed by atoms with Crippen LogP contribution in [0.4, 0.5) is 0 Å². The Morgan fingerprint density at radius 1 is 1.39 bits per heavy atom. The summed E-state index contributed by atoms with van der Waals surface area (Å²) in [7, 11) is 0. The molecule has 1 rings (SSSR count). The van der Waals surface area contributed by atoms with Crippen molar-refractivity contribution in [3.8, 4) is 0 Å². The molecule has 0 unspecified atom stereocenters. The molecule has 0 radical (unpaired) electrons. The summed E-state index contributed by atoms with van der Waals surface area (Å²) in [6.45, 7) is 3.67. The smallest absolute Gasteiger partial charge is 0.325 e. The molecule has 0 atom stereocenters. The molecule has 0 aliphatic rings. The van der Waals surface area contributed by atoms with Crippen molar-refractivity contribution in [2.24, 2.45) is 0 Å². The van der Waals surface area contributed by atoms with E-state index in [1.54, 1.807) is 0 Å². The Morgan fingerprint density at radius 3 is 2.50 bits per heavy atom. The van der Waals surface area contributed by atoms with E-state index in [1.165, 1.54) is 0 Å². The monoisotopic (exact) mass is 255 g/mol. The Hall–Kier alpha value is -1.89. The predicted molar refractivity (Wildman–Crippen MR) is 65.5 cm³/mol. The van der Waals surface area contributed by atoms with Gasteiger partial charge in [-0.2, -0.15) is 0 Å². The first kappa shape index (κ1) is 14.2. The molecule has 1 aromatic rings. The Labute approximate surface area is 103 Å². The molecule has 0 saturated heterocycles. The third-order valence-corrected chi connectivity index (χ3v) is 2.96. The van der Waals surface area contributed by atoms with Crippen molar-refractivity contribution in [1.82, 2.24) is 15.3 Å². The Kier molecular flexibility index (Phi) is 4.43. The summed E-state index contributed by atoms with van der Waals surface area (Å²) in [6.07, 6.45) is 2.03. The molecule has 0 aliphatic heterocycles. The van der Waals surface area contributed by atoms with Crippen LogP contribution < -0.4 is 16.6 Å². The van der Waals surface area contributed by atoms with E-state index in [1.807, 2.05) is 18.8 Å². The second-order valence-electron chi connectivity index (χ2n) is 4.10. The van der Waals surface area contributed by atoms with Crippen LogP contribution in [-0.2, 0) is 0 Å². The highest BCUT2D eigenvalue weighted by atomic mass is 16.3. The summed E-state index contributed by atoms with van der Waals surface area (Å²) in [5, 5.41) is 12.5. The quantitative estimate of drug-likeness (QED) is 0.559. The van der Waals surface area contributed by atoms with Crippen LogP contribution in [0.2, 0.25) is 0 Å². The SMILES string of the molecule is CCC(O)(CC)CNC(=O)c1c[nH]c(=O)[nH]c1=O. The number of hydrogen-bond donors (Lipinski definition) is 4. The van der Waals surface area contributed by atoms with E-state index in [4.69, 9.17) is 0 Å². The van der Waals surface area contributed by atoms with Gasteiger partial charge in [-0.3, -0.25) is 14.6 Å². The number of H-pyrrole nitrogens is 2. The van der Waals surface area contributed by atoms with Crippen LogP contribution >= 0.6 is 0 Å². The molecule has 1 amide bonds. The molecule has 0 aliphatic carbocycles. The summed E-state index contributed by atoms with van der Waals surface area (Å²) < 4.78 is 0. The minimum absolute atomic E-state index is 0.0530. The van der Waals surface area contributed by atoms with Gasteiger partial charge in [0.1, 0.15) is 5.56 Å². The molecule has 7 nitrogen and oxygen atoms in total. The summed E-state index contributed by atoms with van der Waals surface area (Å²) in [6, 6.07) is 0. The molecule has 7 heteroatoms. The van der Waals surface area contributed by atoms with E-state index >= 15 is 0 Å². The second kappa shape index (κ2) is 5.63. The van der Waals surface area contributed by atoms with Crippen LogP contribution in [0.5, 0.6) is 0 Å². The lowest BCUT2D eigenvalue weighted by atomic mass is 9.97. The molecule has 4 N–H and O–H groups in total. The van der Waals surface area contributed by atoms with Crippen LogP contribution in [0.3, 0.4) is 0 Å². The maximum atomic E-state index is 11.7. The number of hydrogen-bond acceptors (Lipinski definition) is 4. The fourth-order valence-electron chi connectivity index (χ4n) is 1.42. The third-order valence-electron chi connectivity index (χ3n) is 2.96. The standard InChI is InChI=1S/C11H17N3O4/c1-3-11(18,4-2)6-13-8(15)7-5-12-10(17)14-9(7)16/h5,18H,3-4,6H2,1-2H3,(H,13,15)(H2,12,14,16,17). The summed E-state index contributed by atoms with van der Waals surface area (Å²) in [5.41, 5.74) is -2.60. The molecular formula is C11H17N3O4. The average molecular weight is 255 g/mol. The highest BCUT2D eigenvalue weighted by Crippen LogP contribution is 2.12. The lowest BCUT2D eigenvalue weighted by molar-refractivity contribution is 0.0313. The van der Waals surface area contributed by atoms with Gasteiger partial charge in [0.15, 0.2) is 0 Å². The molecule has 0 bridgehead atoms. The van der Waals surface area contributed by atoms with E-state index in [-0.39, 0.29) is 12.1 Å². The number of rotatable bonds is 5. The number of carbonyl (C=O) groups is 1. The minimum Gasteiger partial charge on any atom is -0.388 e. The normalized spacial score (nSPS) is 11.3. The van der Waals surface area contributed by atoms with E-state index in [0.29, 0.717) is 12.8 Å². The number of aromatic nitrogens is 2. The van der Waals surface area contributed by atoms with Gasteiger partial charge in [-0.05, 0) is 12.8 Å². The van der Waals surface area contributed by atoms with Gasteiger partial charge in [-0.15, -0.1) is 0 Å². The number of aromatic amines is 2. The van der Waals surface area contributed by atoms with Crippen molar-refractivity contribution in [1.29, 1.82) is 0 Å². The molecule has 18 heavy (non-hydrogen) atoms. The Morgan fingerprint density at radius 2 is 2.00 bits per heavy atom. The van der Waals surface area contributed by atoms with Crippen LogP contribution in [0, 0.1) is 0 Å². The number of nitrogens with one attached hydrogen (secondary N) is 3. The maximum Gasteiger partial charge on any atom is 0.325 e. The van der Waals surface area contributed by atoms with Crippen molar-refractivity contribution in [2.75, 3.05) is 6.54 Å². The Bertz CT molecular complexity index is 528. The van der Waals surface area contributed by atoms with Gasteiger partial charge in [0, 0.05) is 12.7 Å². The minimum atomic E-state index is -0.982. The van der Waals surface area contributed by atoms with E-state index in [0.717, 1.165) is 6.20 Å². The van der Waals surface area contributed by atoms with Crippen molar-refractivity contribution >= 4 is 5.91 Å². The van der Waals surface area contributed by atoms with Crippen molar-refractivity contribution in [3.05, 3.63) is 32.6 Å². The summed E-state index contributed by atoms with van der Waals surface area (Å²) in [5.74, 6) is -0.632. The molecule has 0 spiro atoms. The van der Waals surface area contributed by atoms with Gasteiger partial charge in [0.05, 0.1) is 5.60 Å². The number of amides is 1. The summed E-state index contributed by atoms with van der Waals surface area (Å²) >= 11 is 0. The molecule has 1 heterocycles. The highest BCUT2D eigenvalue weighted by Gasteiger charge is 2.23. The zero-order valence-electron chi connectivity index (χ0n) is 10.4. The predicted octanol–water partition coefficient (Wildman–Crippen LogP) is -0.656. The average Bonchev–Trinajstić information content (AvgIpc) is 2.35. The van der Waals surface area contributed by atoms with Crippen LogP contribution in [0.25, 0.3) is 0 Å². The number of carbonyl (C=O) groups excluding carboxylic acids is 1. The highest BCUT2D eigenvalue weighted by molar-refractivity contribution is 5.93. The fraction of sp³-hybridized carbons (Fsp3) is 0.545. The largest absolute Gasteiger partial charge is 0.388 e. The molecule has 0 saturated carbocycles. The van der Waals surface area contributed by atoms with Gasteiger partial charge in [0.2, 0.25) is 0 Å². The lowest BCUT2D eigenvalue weighted by Gasteiger charge is -2.25. The van der Waals surface area contributed by atoms with Gasteiger partial charge in [0.25, 0.3) is 11.5 Å². The molecule has 1 aromatic heterocycles. The molecule has 0 aromatic carbocycles. The van der Waals surface area contributed by atoms with Crippen LogP contribution in [0.15, 0.2) is 15.8 Å². The van der Waals surface area contributed by atoms with Crippen LogP contribution in [0.1, 0.15) is 37.0 Å². The Balaban J connectivity index is 2.78. The van der Waals surface area contributed by atoms with E-state index < -0.39 is 22.8 Å². The van der Waals surface area contributed by atoms with Gasteiger partial charge < -0.3 is 15.4 Å². The molecule has 0 fully saturated rings. The first-order chi connectivity index (χ1) is 8.41. The molecular weight excluding hydrogens is 238 g/mol. The second-order valence-corrected chi connectivity index (χ2v) is 4.10. The first-order valence-corrected chi connectivity index (χ1v) is 5.74. The zero-order chi connectivity index (χ0) is 13.8. The van der Waals surface area contributed by atoms with Crippen molar-refractivity contribution < 1.29 is 9.90 Å². The topological polar surface area (TPSA) is 115 Å². The number of aliphatic hydroxyl groups is 1. The van der Waals surface area contributed by atoms with Gasteiger partial charge in [-0.25, -0.2) is 4.79 Å². The first-order valence-electron chi connectivity index (χ1n) is 5.74. The lowest BCUT2D eigenvalue weighted by Crippen LogP contribution is -2.43. The van der Waals surface area contributed by atoms with Gasteiger partial charge in [-0.1, -0.05) is 13.8 Å². The van der Waals surface area contributed by atoms with Crippen molar-refractivity contribution in [3.63, 3.8) is 0 Å². The zero-order valence-corrected chi connectivity index (χ0v) is 10.4. The van der Waals surface area contributed by atoms with Crippen LogP contribution in [-0.4, -0.2) is 33.1 Å². The molecule has 100 valence electrons. The fourth-order valence-corrected chi connectivity index (χ4v) is 1.42. The van der Waals surface area contributed by atoms with Gasteiger partial charge >= 0.3 is 5.69 Å². The van der Waals surface area contributed by atoms with E-state index in [2.05, 4.69) is 10.3 Å². The summed E-state index contributed by atoms with van der Waals surface area (Å²) in [4.78, 5) is 38.0. The third kappa shape index (κ3) is 3.30. The maximum absolute atomic E-state index is 11.7. The van der Waals surface area contributed by atoms with E-state index in [9.17, 15) is 19.5 Å².